The van der Waals surface area contributed by atoms with E-state index in [9.17, 15) is 4.79 Å². The number of rotatable bonds is 8. The first-order valence-corrected chi connectivity index (χ1v) is 9.65. The summed E-state index contributed by atoms with van der Waals surface area (Å²) in [4.78, 5) is 13.2. The van der Waals surface area contributed by atoms with Crippen LogP contribution in [0, 0.1) is 5.92 Å². The number of nitrogens with one attached hydrogen (secondary N) is 1. The van der Waals surface area contributed by atoms with Gasteiger partial charge >= 0.3 is 0 Å². The van der Waals surface area contributed by atoms with Crippen molar-refractivity contribution in [3.05, 3.63) is 80.7 Å². The molecule has 1 unspecified atom stereocenters. The fourth-order valence-electron chi connectivity index (χ4n) is 3.23. The maximum atomic E-state index is 13.2. The van der Waals surface area contributed by atoms with Crippen molar-refractivity contribution in [3.8, 4) is 0 Å². The van der Waals surface area contributed by atoms with Gasteiger partial charge in [-0.15, -0.1) is 0 Å². The predicted molar refractivity (Wildman–Crippen MR) is 112 cm³/mol. The highest BCUT2D eigenvalue weighted by atomic mass is 35.5. The molecule has 2 aromatic carbocycles. The molecule has 4 nitrogen and oxygen atoms in total. The van der Waals surface area contributed by atoms with Crippen LogP contribution in [-0.4, -0.2) is 19.6 Å². The largest absolute Gasteiger partial charge is 0.460 e. The van der Waals surface area contributed by atoms with Crippen LogP contribution in [0.3, 0.4) is 0 Å². The summed E-state index contributed by atoms with van der Waals surface area (Å²) in [5.41, 5.74) is 7.92. The predicted octanol–water partition coefficient (Wildman–Crippen LogP) is 3.76. The molecular formula is C22H25ClN2O2. The summed E-state index contributed by atoms with van der Waals surface area (Å²) in [5, 5.41) is 4.45. The lowest BCUT2D eigenvalue weighted by molar-refractivity contribution is 0.445. The van der Waals surface area contributed by atoms with E-state index in [4.69, 9.17) is 21.8 Å². The second kappa shape index (κ2) is 9.18. The van der Waals surface area contributed by atoms with E-state index < -0.39 is 0 Å². The molecule has 3 N–H and O–H groups in total. The van der Waals surface area contributed by atoms with Gasteiger partial charge in [0.25, 0.3) is 0 Å². The minimum atomic E-state index is 0.0221. The Balaban J connectivity index is 2.00. The summed E-state index contributed by atoms with van der Waals surface area (Å²) in [6.45, 7) is 4.34. The summed E-state index contributed by atoms with van der Waals surface area (Å²) in [7, 11) is 0. The third-order valence-electron chi connectivity index (χ3n) is 4.60. The molecule has 1 heterocycles. The van der Waals surface area contributed by atoms with E-state index in [1.165, 1.54) is 0 Å². The number of hydrogen-bond acceptors (Lipinski definition) is 4. The van der Waals surface area contributed by atoms with Gasteiger partial charge in [0, 0.05) is 42.6 Å². The quantitative estimate of drug-likeness (QED) is 0.580. The Morgan fingerprint density at radius 1 is 1.19 bits per heavy atom. The van der Waals surface area contributed by atoms with Gasteiger partial charge in [-0.05, 0) is 30.2 Å². The Hall–Kier alpha value is -2.14. The summed E-state index contributed by atoms with van der Waals surface area (Å²) in [6, 6.07) is 15.2. The molecule has 142 valence electrons. The molecule has 3 rings (SSSR count). The van der Waals surface area contributed by atoms with Crippen molar-refractivity contribution in [2.45, 2.75) is 19.8 Å². The van der Waals surface area contributed by atoms with Gasteiger partial charge in [-0.25, -0.2) is 0 Å². The summed E-state index contributed by atoms with van der Waals surface area (Å²) < 4.78 is 6.17. The van der Waals surface area contributed by atoms with Crippen molar-refractivity contribution in [2.24, 2.45) is 11.7 Å². The molecule has 0 amide bonds. The molecule has 0 fully saturated rings. The Kier molecular flexibility index (Phi) is 6.67. The van der Waals surface area contributed by atoms with E-state index in [1.54, 1.807) is 18.2 Å². The molecule has 0 aliphatic carbocycles. The van der Waals surface area contributed by atoms with E-state index in [0.717, 1.165) is 30.0 Å². The van der Waals surface area contributed by atoms with Crippen molar-refractivity contribution in [1.82, 2.24) is 5.32 Å². The first-order chi connectivity index (χ1) is 13.1. The minimum Gasteiger partial charge on any atom is -0.460 e. The first kappa shape index (κ1) is 19.6. The summed E-state index contributed by atoms with van der Waals surface area (Å²) in [5.74, 6) is 1.05. The van der Waals surface area contributed by atoms with E-state index in [1.807, 2.05) is 30.3 Å². The van der Waals surface area contributed by atoms with Crippen molar-refractivity contribution in [2.75, 3.05) is 19.6 Å². The first-order valence-electron chi connectivity index (χ1n) is 9.27. The fraction of sp³-hybridized carbons (Fsp3) is 0.318. The minimum absolute atomic E-state index is 0.0221. The van der Waals surface area contributed by atoms with Gasteiger partial charge in [0.05, 0.1) is 5.39 Å². The lowest BCUT2D eigenvalue weighted by Gasteiger charge is -2.15. The standard InChI is InChI=1S/C22H25ClN2O2/c1-15(14-25-10-9-24)11-20-19(12-16-5-3-2-4-6-16)22(26)18-8-7-17(23)13-21(18)27-20/h2-8,13,15,25H,9-12,14,24H2,1H3. The molecule has 0 radical (unpaired) electrons. The second-order valence-electron chi connectivity index (χ2n) is 6.94. The third-order valence-corrected chi connectivity index (χ3v) is 4.84. The van der Waals surface area contributed by atoms with Crippen LogP contribution in [-0.2, 0) is 12.8 Å². The molecule has 0 saturated carbocycles. The number of benzene rings is 2. The summed E-state index contributed by atoms with van der Waals surface area (Å²) >= 11 is 6.10. The Labute approximate surface area is 164 Å². The molecule has 0 aliphatic heterocycles. The Bertz CT molecular complexity index is 954. The van der Waals surface area contributed by atoms with Crippen LogP contribution in [0.4, 0.5) is 0 Å². The topological polar surface area (TPSA) is 68.3 Å². The Morgan fingerprint density at radius 2 is 1.96 bits per heavy atom. The van der Waals surface area contributed by atoms with Crippen LogP contribution < -0.4 is 16.5 Å². The molecule has 5 heteroatoms. The van der Waals surface area contributed by atoms with Gasteiger partial charge in [0.15, 0.2) is 5.43 Å². The zero-order valence-electron chi connectivity index (χ0n) is 15.5. The molecule has 27 heavy (non-hydrogen) atoms. The fourth-order valence-corrected chi connectivity index (χ4v) is 3.40. The normalized spacial score (nSPS) is 12.4. The smallest absolute Gasteiger partial charge is 0.196 e. The molecule has 0 bridgehead atoms. The SMILES string of the molecule is CC(CNCCN)Cc1oc2cc(Cl)ccc2c(=O)c1Cc1ccccc1. The monoisotopic (exact) mass is 384 g/mol. The van der Waals surface area contributed by atoms with Gasteiger partial charge in [-0.3, -0.25) is 4.79 Å². The molecule has 1 aromatic heterocycles. The number of halogens is 1. The molecule has 0 aliphatic rings. The molecular weight excluding hydrogens is 360 g/mol. The average Bonchev–Trinajstić information content (AvgIpc) is 2.65. The van der Waals surface area contributed by atoms with Crippen molar-refractivity contribution < 1.29 is 4.42 Å². The average molecular weight is 385 g/mol. The van der Waals surface area contributed by atoms with Crippen LogP contribution in [0.1, 0.15) is 23.8 Å². The molecule has 3 aromatic rings. The van der Waals surface area contributed by atoms with Crippen molar-refractivity contribution in [3.63, 3.8) is 0 Å². The number of hydrogen-bond donors (Lipinski definition) is 2. The highest BCUT2D eigenvalue weighted by molar-refractivity contribution is 6.31. The maximum Gasteiger partial charge on any atom is 0.196 e. The lowest BCUT2D eigenvalue weighted by Crippen LogP contribution is -2.28. The van der Waals surface area contributed by atoms with Gasteiger partial charge in [0.2, 0.25) is 0 Å². The van der Waals surface area contributed by atoms with Gasteiger partial charge in [-0.2, -0.15) is 0 Å². The van der Waals surface area contributed by atoms with Crippen molar-refractivity contribution >= 4 is 22.6 Å². The van der Waals surface area contributed by atoms with Gasteiger partial charge < -0.3 is 15.5 Å². The van der Waals surface area contributed by atoms with Crippen molar-refractivity contribution in [1.29, 1.82) is 0 Å². The van der Waals surface area contributed by atoms with Crippen LogP contribution >= 0.6 is 11.6 Å². The zero-order valence-corrected chi connectivity index (χ0v) is 16.3. The Morgan fingerprint density at radius 3 is 2.70 bits per heavy atom. The molecule has 0 saturated heterocycles. The lowest BCUT2D eigenvalue weighted by atomic mass is 9.97. The second-order valence-corrected chi connectivity index (χ2v) is 7.37. The van der Waals surface area contributed by atoms with E-state index in [2.05, 4.69) is 12.2 Å². The van der Waals surface area contributed by atoms with E-state index >= 15 is 0 Å². The van der Waals surface area contributed by atoms with Gasteiger partial charge in [0.1, 0.15) is 11.3 Å². The summed E-state index contributed by atoms with van der Waals surface area (Å²) in [6.07, 6.45) is 1.23. The highest BCUT2D eigenvalue weighted by Gasteiger charge is 2.17. The van der Waals surface area contributed by atoms with Crippen LogP contribution in [0.25, 0.3) is 11.0 Å². The number of nitrogens with two attached hydrogens (primary N) is 1. The molecule has 1 atom stereocenters. The maximum absolute atomic E-state index is 13.2. The van der Waals surface area contributed by atoms with Gasteiger partial charge in [-0.1, -0.05) is 48.9 Å². The number of fused-ring (bicyclic) bond motifs is 1. The van der Waals surface area contributed by atoms with Crippen LogP contribution in [0.15, 0.2) is 57.7 Å². The van der Waals surface area contributed by atoms with Crippen LogP contribution in [0.2, 0.25) is 5.02 Å². The van der Waals surface area contributed by atoms with E-state index in [0.29, 0.717) is 41.3 Å². The van der Waals surface area contributed by atoms with Crippen LogP contribution in [0.5, 0.6) is 0 Å². The zero-order chi connectivity index (χ0) is 19.2. The highest BCUT2D eigenvalue weighted by Crippen LogP contribution is 2.23. The van der Waals surface area contributed by atoms with E-state index in [-0.39, 0.29) is 5.43 Å². The third kappa shape index (κ3) is 4.98. The molecule has 0 spiro atoms.